The van der Waals surface area contributed by atoms with E-state index in [-0.39, 0.29) is 24.8 Å². The van der Waals surface area contributed by atoms with E-state index in [0.717, 1.165) is 16.9 Å². The van der Waals surface area contributed by atoms with Gasteiger partial charge in [-0.2, -0.15) is 0 Å². The Morgan fingerprint density at radius 2 is 1.65 bits per heavy atom. The molecule has 0 spiro atoms. The highest BCUT2D eigenvalue weighted by molar-refractivity contribution is 5.83. The molecule has 5 nitrogen and oxygen atoms in total. The lowest BCUT2D eigenvalue weighted by molar-refractivity contribution is -0.150. The fraction of sp³-hybridized carbons (Fsp3) is 0.333. The van der Waals surface area contributed by atoms with Crippen LogP contribution in [0.2, 0.25) is 0 Å². The highest BCUT2D eigenvalue weighted by Gasteiger charge is 2.27. The Balaban J connectivity index is 2.12. The van der Waals surface area contributed by atoms with Crippen molar-refractivity contribution in [2.24, 2.45) is 0 Å². The van der Waals surface area contributed by atoms with Gasteiger partial charge in [-0.05, 0) is 36.1 Å². The van der Waals surface area contributed by atoms with Crippen LogP contribution in [0.4, 0.5) is 0 Å². The third kappa shape index (κ3) is 5.09. The van der Waals surface area contributed by atoms with Gasteiger partial charge in [0, 0.05) is 13.0 Å². The van der Waals surface area contributed by atoms with E-state index >= 15 is 0 Å². The number of aliphatic carboxylic acids is 1. The number of methoxy groups -OCH3 is 1. The first-order valence-corrected chi connectivity index (χ1v) is 8.62. The molecule has 2 rings (SSSR count). The van der Waals surface area contributed by atoms with E-state index in [0.29, 0.717) is 0 Å². The molecule has 0 saturated heterocycles. The summed E-state index contributed by atoms with van der Waals surface area (Å²) >= 11 is 0. The Hall–Kier alpha value is -2.82. The maximum absolute atomic E-state index is 12.8. The zero-order valence-electron chi connectivity index (χ0n) is 15.4. The molecule has 0 heterocycles. The molecule has 2 aromatic carbocycles. The minimum Gasteiger partial charge on any atom is -0.497 e. The summed E-state index contributed by atoms with van der Waals surface area (Å²) in [6.45, 7) is 3.79. The summed E-state index contributed by atoms with van der Waals surface area (Å²) in [7, 11) is 1.61. The summed E-state index contributed by atoms with van der Waals surface area (Å²) < 4.78 is 5.15. The lowest BCUT2D eigenvalue weighted by atomic mass is 9.96. The Morgan fingerprint density at radius 1 is 1.04 bits per heavy atom. The van der Waals surface area contributed by atoms with Crippen LogP contribution in [0.15, 0.2) is 54.6 Å². The lowest BCUT2D eigenvalue weighted by Crippen LogP contribution is -2.43. The molecular formula is C21H25NO4. The summed E-state index contributed by atoms with van der Waals surface area (Å²) in [5, 5.41) is 9.38. The Bertz CT molecular complexity index is 727. The number of benzene rings is 2. The number of hydrogen-bond acceptors (Lipinski definition) is 3. The lowest BCUT2D eigenvalue weighted by Gasteiger charge is -2.28. The maximum Gasteiger partial charge on any atom is 0.326 e. The summed E-state index contributed by atoms with van der Waals surface area (Å²) in [5.41, 5.74) is 1.92. The summed E-state index contributed by atoms with van der Waals surface area (Å²) in [6.07, 6.45) is 0.247. The quantitative estimate of drug-likeness (QED) is 0.784. The van der Waals surface area contributed by atoms with Crippen molar-refractivity contribution in [3.63, 3.8) is 0 Å². The summed E-state index contributed by atoms with van der Waals surface area (Å²) in [5.74, 6) is -0.441. The zero-order valence-corrected chi connectivity index (χ0v) is 15.4. The van der Waals surface area contributed by atoms with Crippen LogP contribution in [0.3, 0.4) is 0 Å². The molecular weight excluding hydrogens is 330 g/mol. The molecule has 0 aromatic heterocycles. The van der Waals surface area contributed by atoms with E-state index < -0.39 is 12.0 Å². The topological polar surface area (TPSA) is 66.8 Å². The van der Waals surface area contributed by atoms with Crippen LogP contribution in [0.1, 0.15) is 37.3 Å². The maximum atomic E-state index is 12.8. The third-order valence-electron chi connectivity index (χ3n) is 4.51. The predicted octanol–water partition coefficient (Wildman–Crippen LogP) is 3.69. The average Bonchev–Trinajstić information content (AvgIpc) is 2.66. The van der Waals surface area contributed by atoms with Crippen molar-refractivity contribution in [2.45, 2.75) is 38.8 Å². The molecule has 0 aliphatic heterocycles. The van der Waals surface area contributed by atoms with Crippen LogP contribution in [0.25, 0.3) is 0 Å². The van der Waals surface area contributed by atoms with Gasteiger partial charge in [0.05, 0.1) is 7.11 Å². The number of rotatable bonds is 8. The molecule has 0 fully saturated rings. The van der Waals surface area contributed by atoms with Crippen molar-refractivity contribution in [1.82, 2.24) is 4.90 Å². The van der Waals surface area contributed by atoms with Crippen molar-refractivity contribution in [1.29, 1.82) is 0 Å². The number of ether oxygens (including phenoxy) is 1. The van der Waals surface area contributed by atoms with Gasteiger partial charge in [-0.15, -0.1) is 0 Å². The van der Waals surface area contributed by atoms with Gasteiger partial charge in [0.25, 0.3) is 0 Å². The van der Waals surface area contributed by atoms with E-state index in [1.54, 1.807) is 14.0 Å². The largest absolute Gasteiger partial charge is 0.497 e. The third-order valence-corrected chi connectivity index (χ3v) is 4.51. The number of amides is 1. The predicted molar refractivity (Wildman–Crippen MR) is 100 cm³/mol. The van der Waals surface area contributed by atoms with Crippen LogP contribution in [0, 0.1) is 0 Å². The minimum absolute atomic E-state index is 0.0207. The van der Waals surface area contributed by atoms with Crippen LogP contribution in [0.5, 0.6) is 5.75 Å². The second-order valence-electron chi connectivity index (χ2n) is 6.40. The van der Waals surface area contributed by atoms with Gasteiger partial charge < -0.3 is 14.7 Å². The van der Waals surface area contributed by atoms with Gasteiger partial charge in [-0.25, -0.2) is 4.79 Å². The van der Waals surface area contributed by atoms with Gasteiger partial charge in [0.2, 0.25) is 5.91 Å². The van der Waals surface area contributed by atoms with Crippen molar-refractivity contribution >= 4 is 11.9 Å². The number of carboxylic acid groups (broad SMARTS) is 1. The van der Waals surface area contributed by atoms with Gasteiger partial charge in [-0.1, -0.05) is 49.4 Å². The molecule has 138 valence electrons. The number of nitrogens with zero attached hydrogens (tertiary/aromatic N) is 1. The van der Waals surface area contributed by atoms with Crippen LogP contribution >= 0.6 is 0 Å². The van der Waals surface area contributed by atoms with E-state index in [4.69, 9.17) is 4.74 Å². The molecule has 0 aliphatic carbocycles. The first-order chi connectivity index (χ1) is 12.4. The fourth-order valence-electron chi connectivity index (χ4n) is 2.78. The van der Waals surface area contributed by atoms with Crippen LogP contribution in [-0.4, -0.2) is 35.0 Å². The number of hydrogen-bond donors (Lipinski definition) is 1. The molecule has 2 aromatic rings. The first-order valence-electron chi connectivity index (χ1n) is 8.62. The fourth-order valence-corrected chi connectivity index (χ4v) is 2.78. The minimum atomic E-state index is -1.01. The smallest absolute Gasteiger partial charge is 0.326 e. The van der Waals surface area contributed by atoms with Crippen molar-refractivity contribution in [3.8, 4) is 5.75 Å². The van der Waals surface area contributed by atoms with E-state index in [9.17, 15) is 14.7 Å². The molecule has 5 heteroatoms. The van der Waals surface area contributed by atoms with Crippen molar-refractivity contribution in [3.05, 3.63) is 65.7 Å². The number of carbonyl (C=O) groups excluding carboxylic acids is 1. The zero-order chi connectivity index (χ0) is 19.1. The molecule has 1 N–H and O–H groups in total. The Kier molecular flexibility index (Phi) is 6.78. The highest BCUT2D eigenvalue weighted by atomic mass is 16.5. The molecule has 2 unspecified atom stereocenters. The van der Waals surface area contributed by atoms with Crippen molar-refractivity contribution in [2.75, 3.05) is 7.11 Å². The van der Waals surface area contributed by atoms with Crippen molar-refractivity contribution < 1.29 is 19.4 Å². The van der Waals surface area contributed by atoms with E-state index in [1.807, 2.05) is 61.5 Å². The molecule has 1 amide bonds. The molecule has 2 atom stereocenters. The summed E-state index contributed by atoms with van der Waals surface area (Å²) in [4.78, 5) is 25.7. The monoisotopic (exact) mass is 355 g/mol. The Labute approximate surface area is 154 Å². The van der Waals surface area contributed by atoms with Crippen LogP contribution < -0.4 is 4.74 Å². The van der Waals surface area contributed by atoms with E-state index in [2.05, 4.69) is 0 Å². The van der Waals surface area contributed by atoms with Crippen LogP contribution in [-0.2, 0) is 16.1 Å². The first kappa shape index (κ1) is 19.5. The second kappa shape index (κ2) is 9.04. The van der Waals surface area contributed by atoms with Gasteiger partial charge in [-0.3, -0.25) is 4.79 Å². The molecule has 0 saturated carbocycles. The SMILES string of the molecule is COc1ccc(C(C)CC(=O)N(Cc2ccccc2)C(C)C(=O)O)cc1. The Morgan fingerprint density at radius 3 is 2.19 bits per heavy atom. The number of carboxylic acids is 1. The normalized spacial score (nSPS) is 12.9. The molecule has 0 radical (unpaired) electrons. The highest BCUT2D eigenvalue weighted by Crippen LogP contribution is 2.23. The molecule has 0 bridgehead atoms. The standard InChI is InChI=1S/C21H25NO4/c1-15(18-9-11-19(26-3)12-10-18)13-20(23)22(16(2)21(24)25)14-17-7-5-4-6-8-17/h4-12,15-16H,13-14H2,1-3H3,(H,24,25). The molecule has 0 aliphatic rings. The van der Waals surface area contributed by atoms with E-state index in [1.165, 1.54) is 4.90 Å². The van der Waals surface area contributed by atoms with Gasteiger partial charge >= 0.3 is 5.97 Å². The van der Waals surface area contributed by atoms with Gasteiger partial charge in [0.1, 0.15) is 11.8 Å². The van der Waals surface area contributed by atoms with Gasteiger partial charge in [0.15, 0.2) is 0 Å². The molecule has 26 heavy (non-hydrogen) atoms. The summed E-state index contributed by atoms with van der Waals surface area (Å²) in [6, 6.07) is 16.1. The average molecular weight is 355 g/mol. The number of carbonyl (C=O) groups is 2. The second-order valence-corrected chi connectivity index (χ2v) is 6.40.